The Balaban J connectivity index is 4.70. The average Bonchev–Trinajstić information content (AvgIpc) is 1.49. The zero-order chi connectivity index (χ0) is 10.2. The molecule has 73 valence electrons. The zero-order valence-electron chi connectivity index (χ0n) is 10.1. The minimum atomic E-state index is 0.386. The van der Waals surface area contributed by atoms with Gasteiger partial charge in [-0.15, -0.1) is 0 Å². The summed E-state index contributed by atoms with van der Waals surface area (Å²) in [5, 5.41) is 0. The zero-order valence-corrected chi connectivity index (χ0v) is 10.1. The quantitative estimate of drug-likeness (QED) is 0.548. The molecule has 0 nitrogen and oxygen atoms in total. The van der Waals surface area contributed by atoms with Gasteiger partial charge in [-0.25, -0.2) is 0 Å². The summed E-state index contributed by atoms with van der Waals surface area (Å²) in [6.07, 6.45) is 0. The summed E-state index contributed by atoms with van der Waals surface area (Å²) in [6.45, 7) is 18.5. The van der Waals surface area contributed by atoms with E-state index in [9.17, 15) is 0 Å². The highest BCUT2D eigenvalue weighted by atomic mass is 14.4. The number of rotatable bonds is 1. The molecule has 12 heavy (non-hydrogen) atoms. The summed E-state index contributed by atoms with van der Waals surface area (Å²) in [5.41, 5.74) is 0.772. The molecule has 0 aromatic heterocycles. The van der Waals surface area contributed by atoms with Crippen LogP contribution < -0.4 is 0 Å². The number of hydrogen-bond donors (Lipinski definition) is 0. The van der Waals surface area contributed by atoms with Crippen molar-refractivity contribution in [3.8, 4) is 0 Å². The van der Waals surface area contributed by atoms with Gasteiger partial charge in [0.15, 0.2) is 0 Å². The molecule has 0 aromatic carbocycles. The summed E-state index contributed by atoms with van der Waals surface area (Å²) in [5.74, 6) is 2.25. The van der Waals surface area contributed by atoms with E-state index in [2.05, 4.69) is 55.4 Å². The molecule has 0 saturated carbocycles. The van der Waals surface area contributed by atoms with Gasteiger partial charge in [0.2, 0.25) is 0 Å². The first-order valence-electron chi connectivity index (χ1n) is 4.87. The summed E-state index contributed by atoms with van der Waals surface area (Å²) < 4.78 is 0. The van der Waals surface area contributed by atoms with Gasteiger partial charge < -0.3 is 0 Å². The van der Waals surface area contributed by atoms with Gasteiger partial charge in [0, 0.05) is 0 Å². The molecule has 0 bridgehead atoms. The highest BCUT2D eigenvalue weighted by molar-refractivity contribution is 4.99. The van der Waals surface area contributed by atoms with Crippen LogP contribution in [0.15, 0.2) is 0 Å². The third kappa shape index (κ3) is 3.16. The van der Waals surface area contributed by atoms with Crippen LogP contribution in [0, 0.1) is 22.7 Å². The molecule has 0 heterocycles. The monoisotopic (exact) mass is 169 g/mol. The van der Waals surface area contributed by atoms with E-state index < -0.39 is 0 Å². The van der Waals surface area contributed by atoms with Crippen LogP contribution in [0.25, 0.3) is 0 Å². The molecule has 0 atom stereocenters. The lowest BCUT2D eigenvalue weighted by Crippen LogP contribution is -2.35. The van der Waals surface area contributed by atoms with E-state index in [-0.39, 0.29) is 0 Å². The Bertz CT molecular complexity index is 115. The molecule has 0 aliphatic heterocycles. The summed E-state index contributed by atoms with van der Waals surface area (Å²) in [4.78, 5) is 0. The maximum Gasteiger partial charge on any atom is -0.0260 e. The molecule has 0 heteroatoms. The first-order chi connectivity index (χ1) is 5.07. The normalized spacial score (nSPS) is 14.5. The maximum atomic E-state index is 2.33. The molecule has 0 aliphatic carbocycles. The molecular weight excluding hydrogens is 144 g/mol. The fraction of sp³-hybridized carbons (Fsp3) is 0.917. The predicted molar refractivity (Wildman–Crippen MR) is 57.0 cm³/mol. The van der Waals surface area contributed by atoms with Gasteiger partial charge in [0.05, 0.1) is 0 Å². The molecule has 0 aliphatic rings. The molecule has 0 unspecified atom stereocenters. The lowest BCUT2D eigenvalue weighted by atomic mass is 9.62. The third-order valence-electron chi connectivity index (χ3n) is 2.31. The van der Waals surface area contributed by atoms with Gasteiger partial charge in [-0.3, -0.25) is 0 Å². The molecule has 0 fully saturated rings. The fourth-order valence-electron chi connectivity index (χ4n) is 3.03. The van der Waals surface area contributed by atoms with Crippen molar-refractivity contribution in [1.82, 2.24) is 0 Å². The van der Waals surface area contributed by atoms with Crippen molar-refractivity contribution >= 4 is 0 Å². The van der Waals surface area contributed by atoms with Crippen molar-refractivity contribution in [2.75, 3.05) is 0 Å². The molecule has 1 radical (unpaired) electrons. The summed E-state index contributed by atoms with van der Waals surface area (Å²) >= 11 is 0. The standard InChI is InChI=1S/C12H25/c1-9(2)10(11(3,4)5)12(6,7)8/h10H,1-8H3. The summed E-state index contributed by atoms with van der Waals surface area (Å²) in [7, 11) is 0. The van der Waals surface area contributed by atoms with Gasteiger partial charge in [-0.2, -0.15) is 0 Å². The molecule has 0 aromatic rings. The van der Waals surface area contributed by atoms with E-state index >= 15 is 0 Å². The van der Waals surface area contributed by atoms with Gasteiger partial charge in [-0.1, -0.05) is 55.4 Å². The van der Waals surface area contributed by atoms with Crippen molar-refractivity contribution in [3.63, 3.8) is 0 Å². The van der Waals surface area contributed by atoms with Crippen molar-refractivity contribution in [2.24, 2.45) is 16.7 Å². The average molecular weight is 169 g/mol. The Labute approximate surface area is 78.8 Å². The maximum absolute atomic E-state index is 2.33. The van der Waals surface area contributed by atoms with Crippen molar-refractivity contribution in [2.45, 2.75) is 55.4 Å². The Kier molecular flexibility index (Phi) is 3.40. The topological polar surface area (TPSA) is 0 Å². The van der Waals surface area contributed by atoms with Crippen LogP contribution in [0.3, 0.4) is 0 Å². The van der Waals surface area contributed by atoms with E-state index in [1.165, 1.54) is 0 Å². The number of hydrogen-bond acceptors (Lipinski definition) is 0. The molecule has 0 N–H and O–H groups in total. The Morgan fingerprint density at radius 1 is 0.750 bits per heavy atom. The van der Waals surface area contributed by atoms with Crippen LogP contribution in [0.1, 0.15) is 55.4 Å². The van der Waals surface area contributed by atoms with Crippen LogP contribution in [-0.4, -0.2) is 0 Å². The summed E-state index contributed by atoms with van der Waals surface area (Å²) in [6, 6.07) is 0. The Hall–Kier alpha value is 0. The SMILES string of the molecule is C[C](C)C(C(C)(C)C)C(C)(C)C. The van der Waals surface area contributed by atoms with Crippen LogP contribution in [0.2, 0.25) is 0 Å². The fourth-order valence-corrected chi connectivity index (χ4v) is 3.03. The third-order valence-corrected chi connectivity index (χ3v) is 2.31. The first-order valence-corrected chi connectivity index (χ1v) is 4.87. The Morgan fingerprint density at radius 3 is 1.00 bits per heavy atom. The van der Waals surface area contributed by atoms with Crippen LogP contribution in [-0.2, 0) is 0 Å². The van der Waals surface area contributed by atoms with Crippen molar-refractivity contribution in [1.29, 1.82) is 0 Å². The molecule has 0 amide bonds. The van der Waals surface area contributed by atoms with E-state index in [1.54, 1.807) is 5.92 Å². The highest BCUT2D eigenvalue weighted by Crippen LogP contribution is 2.45. The molecule has 0 spiro atoms. The second kappa shape index (κ2) is 3.40. The minimum absolute atomic E-state index is 0.386. The van der Waals surface area contributed by atoms with Crippen molar-refractivity contribution in [3.05, 3.63) is 5.92 Å². The van der Waals surface area contributed by atoms with E-state index in [4.69, 9.17) is 0 Å². The lowest BCUT2D eigenvalue weighted by molar-refractivity contribution is 0.116. The molecule has 0 saturated heterocycles. The van der Waals surface area contributed by atoms with Crippen LogP contribution >= 0.6 is 0 Å². The minimum Gasteiger partial charge on any atom is -0.0599 e. The van der Waals surface area contributed by atoms with Gasteiger partial charge in [0.25, 0.3) is 0 Å². The van der Waals surface area contributed by atoms with Crippen molar-refractivity contribution < 1.29 is 0 Å². The van der Waals surface area contributed by atoms with Gasteiger partial charge in [-0.05, 0) is 22.7 Å². The predicted octanol–water partition coefficient (Wildman–Crippen LogP) is 4.31. The van der Waals surface area contributed by atoms with E-state index in [0.29, 0.717) is 16.7 Å². The molecule has 0 rings (SSSR count). The smallest absolute Gasteiger partial charge is 0.0260 e. The lowest BCUT2D eigenvalue weighted by Gasteiger charge is -2.43. The van der Waals surface area contributed by atoms with E-state index in [1.807, 2.05) is 0 Å². The largest absolute Gasteiger partial charge is 0.0599 e. The first kappa shape index (κ1) is 12.0. The second-order valence-corrected chi connectivity index (χ2v) is 6.24. The Morgan fingerprint density at radius 2 is 1.00 bits per heavy atom. The molecular formula is C12H25. The van der Waals surface area contributed by atoms with Crippen LogP contribution in [0.4, 0.5) is 0 Å². The van der Waals surface area contributed by atoms with Gasteiger partial charge >= 0.3 is 0 Å². The van der Waals surface area contributed by atoms with E-state index in [0.717, 1.165) is 0 Å². The highest BCUT2D eigenvalue weighted by Gasteiger charge is 2.36. The second-order valence-electron chi connectivity index (χ2n) is 6.24. The van der Waals surface area contributed by atoms with Crippen LogP contribution in [0.5, 0.6) is 0 Å². The van der Waals surface area contributed by atoms with Gasteiger partial charge in [0.1, 0.15) is 0 Å².